The van der Waals surface area contributed by atoms with E-state index in [4.69, 9.17) is 16.0 Å². The van der Waals surface area contributed by atoms with Crippen molar-refractivity contribution >= 4 is 27.5 Å². The van der Waals surface area contributed by atoms with Crippen LogP contribution in [0.25, 0.3) is 11.3 Å². The van der Waals surface area contributed by atoms with Crippen molar-refractivity contribution in [3.8, 4) is 11.3 Å². The highest BCUT2D eigenvalue weighted by Gasteiger charge is 2.12. The van der Waals surface area contributed by atoms with E-state index in [9.17, 15) is 0 Å². The molecular weight excluding hydrogens is 277 g/mol. The third-order valence-corrected chi connectivity index (χ3v) is 2.98. The molecule has 0 saturated heterocycles. The third-order valence-electron chi connectivity index (χ3n) is 2.21. The van der Waals surface area contributed by atoms with Gasteiger partial charge in [0.05, 0.1) is 5.69 Å². The number of aromatic nitrogens is 1. The van der Waals surface area contributed by atoms with Crippen molar-refractivity contribution in [2.24, 2.45) is 0 Å². The lowest BCUT2D eigenvalue weighted by molar-refractivity contribution is 0.571. The van der Waals surface area contributed by atoms with Gasteiger partial charge in [0.1, 0.15) is 0 Å². The summed E-state index contributed by atoms with van der Waals surface area (Å²) in [6, 6.07) is 5.73. The molecule has 0 spiro atoms. The van der Waals surface area contributed by atoms with Gasteiger partial charge in [0.25, 0.3) is 0 Å². The van der Waals surface area contributed by atoms with E-state index in [0.29, 0.717) is 10.4 Å². The molecule has 4 heteroatoms. The Morgan fingerprint density at radius 3 is 3.00 bits per heavy atom. The van der Waals surface area contributed by atoms with Gasteiger partial charge >= 0.3 is 0 Å². The molecule has 15 heavy (non-hydrogen) atoms. The van der Waals surface area contributed by atoms with E-state index in [-0.39, 0.29) is 0 Å². The number of benzene rings is 1. The van der Waals surface area contributed by atoms with Crippen LogP contribution in [0.1, 0.15) is 11.3 Å². The van der Waals surface area contributed by atoms with Gasteiger partial charge in [-0.2, -0.15) is 0 Å². The van der Waals surface area contributed by atoms with Crippen molar-refractivity contribution in [3.05, 3.63) is 40.9 Å². The van der Waals surface area contributed by atoms with E-state index >= 15 is 0 Å². The zero-order valence-corrected chi connectivity index (χ0v) is 10.5. The smallest absolute Gasteiger partial charge is 0.181 e. The topological polar surface area (TPSA) is 26.0 Å². The van der Waals surface area contributed by atoms with E-state index in [1.165, 1.54) is 6.39 Å². The molecule has 0 N–H and O–H groups in total. The summed E-state index contributed by atoms with van der Waals surface area (Å²) in [5, 5.41) is 1.37. The van der Waals surface area contributed by atoms with Crippen LogP contribution in [0.5, 0.6) is 0 Å². The predicted molar refractivity (Wildman–Crippen MR) is 64.3 cm³/mol. The fourth-order valence-corrected chi connectivity index (χ4v) is 1.99. The molecule has 0 unspecified atom stereocenters. The van der Waals surface area contributed by atoms with Crippen LogP contribution in [0.3, 0.4) is 0 Å². The molecule has 1 heterocycles. The van der Waals surface area contributed by atoms with Crippen LogP contribution in [0.4, 0.5) is 0 Å². The highest BCUT2D eigenvalue weighted by atomic mass is 79.9. The van der Waals surface area contributed by atoms with Crippen molar-refractivity contribution in [1.29, 1.82) is 0 Å². The Kier molecular flexibility index (Phi) is 3.12. The number of nitrogens with zero attached hydrogens (tertiary/aromatic N) is 1. The summed E-state index contributed by atoms with van der Waals surface area (Å²) in [5.74, 6) is 0.784. The minimum absolute atomic E-state index is 0.671. The van der Waals surface area contributed by atoms with Crippen molar-refractivity contribution in [2.45, 2.75) is 12.3 Å². The van der Waals surface area contributed by atoms with Gasteiger partial charge in [-0.1, -0.05) is 33.6 Å². The second-order valence-corrected chi connectivity index (χ2v) is 4.22. The van der Waals surface area contributed by atoms with Gasteiger partial charge in [-0.25, -0.2) is 4.98 Å². The fourth-order valence-electron chi connectivity index (χ4n) is 1.42. The van der Waals surface area contributed by atoms with Crippen LogP contribution < -0.4 is 0 Å². The molecule has 78 valence electrons. The number of hydrogen-bond donors (Lipinski definition) is 0. The fraction of sp³-hybridized carbons (Fsp3) is 0.182. The quantitative estimate of drug-likeness (QED) is 0.773. The van der Waals surface area contributed by atoms with Gasteiger partial charge < -0.3 is 4.42 Å². The molecule has 0 fully saturated rings. The highest BCUT2D eigenvalue weighted by Crippen LogP contribution is 2.29. The number of hydrogen-bond acceptors (Lipinski definition) is 2. The van der Waals surface area contributed by atoms with Gasteiger partial charge in [-0.15, -0.1) is 0 Å². The lowest BCUT2D eigenvalue weighted by Crippen LogP contribution is -1.86. The molecule has 0 amide bonds. The first-order chi connectivity index (χ1) is 7.22. The molecule has 0 aliphatic heterocycles. The average Bonchev–Trinajstić information content (AvgIpc) is 2.69. The molecule has 0 radical (unpaired) electrons. The SMILES string of the molecule is Cc1ccc(Cl)cc1-c1ocnc1CBr. The average molecular weight is 287 g/mol. The summed E-state index contributed by atoms with van der Waals surface area (Å²) in [7, 11) is 0. The van der Waals surface area contributed by atoms with E-state index < -0.39 is 0 Å². The molecule has 0 aliphatic carbocycles. The summed E-state index contributed by atoms with van der Waals surface area (Å²) < 4.78 is 5.38. The van der Waals surface area contributed by atoms with Crippen LogP contribution in [0.15, 0.2) is 29.0 Å². The van der Waals surface area contributed by atoms with Crippen LogP contribution in [0, 0.1) is 6.92 Å². The Morgan fingerprint density at radius 1 is 1.47 bits per heavy atom. The first kappa shape index (κ1) is 10.7. The van der Waals surface area contributed by atoms with Crippen LogP contribution in [0.2, 0.25) is 5.02 Å². The second kappa shape index (κ2) is 4.37. The normalized spacial score (nSPS) is 10.6. The monoisotopic (exact) mass is 285 g/mol. The zero-order valence-electron chi connectivity index (χ0n) is 8.13. The van der Waals surface area contributed by atoms with Gasteiger partial charge in [-0.3, -0.25) is 0 Å². The minimum atomic E-state index is 0.671. The molecule has 2 aromatic rings. The van der Waals surface area contributed by atoms with E-state index in [2.05, 4.69) is 20.9 Å². The van der Waals surface area contributed by atoms with Gasteiger partial charge in [0.2, 0.25) is 0 Å². The third kappa shape index (κ3) is 2.08. The van der Waals surface area contributed by atoms with Crippen LogP contribution >= 0.6 is 27.5 Å². The largest absolute Gasteiger partial charge is 0.443 e. The van der Waals surface area contributed by atoms with E-state index in [1.54, 1.807) is 0 Å². The standard InChI is InChI=1S/C11H9BrClNO/c1-7-2-3-8(13)4-9(7)11-10(5-12)14-6-15-11/h2-4,6H,5H2,1H3. The maximum absolute atomic E-state index is 5.96. The Balaban J connectivity index is 2.58. The van der Waals surface area contributed by atoms with Crippen molar-refractivity contribution < 1.29 is 4.42 Å². The number of oxazole rings is 1. The number of rotatable bonds is 2. The summed E-state index contributed by atoms with van der Waals surface area (Å²) in [4.78, 5) is 4.13. The van der Waals surface area contributed by atoms with Crippen molar-refractivity contribution in [1.82, 2.24) is 4.98 Å². The summed E-state index contributed by atoms with van der Waals surface area (Å²) in [6.07, 6.45) is 1.45. The highest BCUT2D eigenvalue weighted by molar-refractivity contribution is 9.08. The maximum Gasteiger partial charge on any atom is 0.181 e. The summed E-state index contributed by atoms with van der Waals surface area (Å²) in [6.45, 7) is 2.02. The lowest BCUT2D eigenvalue weighted by atomic mass is 10.1. The molecule has 0 atom stereocenters. The lowest BCUT2D eigenvalue weighted by Gasteiger charge is -2.03. The molecular formula is C11H9BrClNO. The molecule has 1 aromatic heterocycles. The molecule has 1 aromatic carbocycles. The predicted octanol–water partition coefficient (Wildman–Crippen LogP) is 4.20. The van der Waals surface area contributed by atoms with Gasteiger partial charge in [0.15, 0.2) is 12.2 Å². The first-order valence-corrected chi connectivity index (χ1v) is 5.97. The van der Waals surface area contributed by atoms with Crippen LogP contribution in [-0.2, 0) is 5.33 Å². The number of halogens is 2. The Morgan fingerprint density at radius 2 is 2.27 bits per heavy atom. The van der Waals surface area contributed by atoms with Crippen LogP contribution in [-0.4, -0.2) is 4.98 Å². The second-order valence-electron chi connectivity index (χ2n) is 3.22. The maximum atomic E-state index is 5.96. The number of alkyl halides is 1. The Hall–Kier alpha value is -0.800. The van der Waals surface area contributed by atoms with E-state index in [0.717, 1.165) is 22.6 Å². The van der Waals surface area contributed by atoms with Gasteiger partial charge in [0, 0.05) is 15.9 Å². The minimum Gasteiger partial charge on any atom is -0.443 e. The molecule has 0 aliphatic rings. The Bertz CT molecular complexity index is 481. The van der Waals surface area contributed by atoms with Crippen molar-refractivity contribution in [3.63, 3.8) is 0 Å². The van der Waals surface area contributed by atoms with Crippen molar-refractivity contribution in [2.75, 3.05) is 0 Å². The molecule has 2 rings (SSSR count). The first-order valence-electron chi connectivity index (χ1n) is 4.47. The molecule has 2 nitrogen and oxygen atoms in total. The molecule has 0 bridgehead atoms. The van der Waals surface area contributed by atoms with Gasteiger partial charge in [-0.05, 0) is 24.6 Å². The van der Waals surface area contributed by atoms with E-state index in [1.807, 2.05) is 25.1 Å². The molecule has 0 saturated carbocycles. The summed E-state index contributed by atoms with van der Waals surface area (Å²) in [5.41, 5.74) is 3.01. The Labute approximate surface area is 101 Å². The summed E-state index contributed by atoms with van der Waals surface area (Å²) >= 11 is 9.33. The number of aryl methyl sites for hydroxylation is 1. The zero-order chi connectivity index (χ0) is 10.8.